The lowest BCUT2D eigenvalue weighted by atomic mass is 9.71. The molecule has 0 atom stereocenters. The molecule has 0 unspecified atom stereocenters. The number of rotatable bonds is 5. The molecule has 0 saturated carbocycles. The van der Waals surface area contributed by atoms with E-state index in [2.05, 4.69) is 43.4 Å². The van der Waals surface area contributed by atoms with E-state index in [0.29, 0.717) is 30.9 Å². The predicted octanol–water partition coefficient (Wildman–Crippen LogP) is 6.68. The van der Waals surface area contributed by atoms with Crippen LogP contribution in [0.25, 0.3) is 0 Å². The maximum atomic E-state index is 13.3. The number of nitrogens with zero attached hydrogens (tertiary/aromatic N) is 1. The zero-order chi connectivity index (χ0) is 24.7. The Morgan fingerprint density at radius 2 is 1.63 bits per heavy atom. The molecule has 35 heavy (non-hydrogen) atoms. The van der Waals surface area contributed by atoms with Crippen LogP contribution in [0, 0.1) is 3.57 Å². The summed E-state index contributed by atoms with van der Waals surface area (Å²) in [7, 11) is 3.64. The fourth-order valence-corrected chi connectivity index (χ4v) is 6.68. The molecule has 1 aliphatic heterocycles. The van der Waals surface area contributed by atoms with Crippen molar-refractivity contribution < 1.29 is 19.1 Å². The molecule has 2 aromatic carbocycles. The van der Waals surface area contributed by atoms with Gasteiger partial charge in [-0.1, -0.05) is 34.1 Å². The van der Waals surface area contributed by atoms with Crippen molar-refractivity contribution in [2.45, 2.75) is 51.0 Å². The summed E-state index contributed by atoms with van der Waals surface area (Å²) in [6.45, 7) is 0.392. The third-order valence-corrected chi connectivity index (χ3v) is 8.73. The smallest absolute Gasteiger partial charge is 0.174 e. The highest BCUT2D eigenvalue weighted by Crippen LogP contribution is 2.50. The molecule has 0 amide bonds. The molecule has 0 spiro atoms. The number of benzene rings is 2. The average Bonchev–Trinajstić information content (AvgIpc) is 2.85. The van der Waals surface area contributed by atoms with E-state index in [0.717, 1.165) is 67.4 Å². The zero-order valence-corrected chi connectivity index (χ0v) is 23.6. The van der Waals surface area contributed by atoms with Crippen molar-refractivity contribution in [1.82, 2.24) is 4.90 Å². The minimum atomic E-state index is -0.350. The van der Waals surface area contributed by atoms with E-state index >= 15 is 0 Å². The first kappa shape index (κ1) is 24.6. The van der Waals surface area contributed by atoms with Gasteiger partial charge in [0.1, 0.15) is 6.61 Å². The molecule has 2 aliphatic carbocycles. The third kappa shape index (κ3) is 4.46. The Morgan fingerprint density at radius 1 is 1.00 bits per heavy atom. The summed E-state index contributed by atoms with van der Waals surface area (Å²) < 4.78 is 13.9. The maximum Gasteiger partial charge on any atom is 0.174 e. The predicted molar refractivity (Wildman–Crippen MR) is 146 cm³/mol. The van der Waals surface area contributed by atoms with E-state index < -0.39 is 0 Å². The van der Waals surface area contributed by atoms with Crippen LogP contribution >= 0.6 is 38.5 Å². The Balaban J connectivity index is 1.59. The highest BCUT2D eigenvalue weighted by atomic mass is 127. The summed E-state index contributed by atoms with van der Waals surface area (Å²) in [5, 5.41) is 0. The molecule has 3 aliphatic rings. The van der Waals surface area contributed by atoms with Crippen molar-refractivity contribution in [3.63, 3.8) is 0 Å². The minimum absolute atomic E-state index is 0.149. The van der Waals surface area contributed by atoms with Crippen LogP contribution in [-0.4, -0.2) is 30.6 Å². The molecule has 0 fully saturated rings. The number of carbonyl (C=O) groups is 2. The molecular weight excluding hydrogens is 621 g/mol. The van der Waals surface area contributed by atoms with E-state index in [1.165, 1.54) is 0 Å². The summed E-state index contributed by atoms with van der Waals surface area (Å²) in [5.41, 5.74) is 5.67. The van der Waals surface area contributed by atoms with Gasteiger partial charge in [0.15, 0.2) is 23.1 Å². The fourth-order valence-electron chi connectivity index (χ4n) is 5.50. The molecule has 0 saturated heterocycles. The molecule has 7 heteroatoms. The van der Waals surface area contributed by atoms with E-state index in [1.54, 1.807) is 7.11 Å². The Labute approximate surface area is 227 Å². The fraction of sp³-hybridized carbons (Fsp3) is 0.357. The summed E-state index contributed by atoms with van der Waals surface area (Å²) >= 11 is 5.84. The van der Waals surface area contributed by atoms with Crippen LogP contribution in [0.5, 0.6) is 11.5 Å². The van der Waals surface area contributed by atoms with Crippen molar-refractivity contribution >= 4 is 50.1 Å². The first-order chi connectivity index (χ1) is 16.9. The van der Waals surface area contributed by atoms with Gasteiger partial charge in [-0.25, -0.2) is 0 Å². The number of methoxy groups -OCH3 is 1. The second-order valence-corrected chi connectivity index (χ2v) is 11.2. The van der Waals surface area contributed by atoms with E-state index in [-0.39, 0.29) is 17.5 Å². The van der Waals surface area contributed by atoms with Crippen LogP contribution in [-0.2, 0) is 16.2 Å². The number of halogens is 2. The van der Waals surface area contributed by atoms with Crippen LogP contribution in [0.1, 0.15) is 55.6 Å². The standard InChI is InChI=1S/C28H27BrINO4/c1-31-20-9-5-11-22(32)26(20)25(27-21(31)10-6-12-23(27)33)17-13-19(30)28(24(14-17)34-2)35-15-16-7-3-4-8-18(16)29/h3-4,7-8,13-14,25H,5-6,9-12,15H2,1-2H3. The second-order valence-electron chi connectivity index (χ2n) is 9.18. The quantitative estimate of drug-likeness (QED) is 0.339. The number of hydrogen-bond donors (Lipinski definition) is 0. The van der Waals surface area contributed by atoms with Crippen LogP contribution in [0.2, 0.25) is 0 Å². The summed E-state index contributed by atoms with van der Waals surface area (Å²) in [5.74, 6) is 1.21. The van der Waals surface area contributed by atoms with Crippen molar-refractivity contribution in [1.29, 1.82) is 0 Å². The van der Waals surface area contributed by atoms with Gasteiger partial charge in [0.05, 0.1) is 10.7 Å². The highest BCUT2D eigenvalue weighted by Gasteiger charge is 2.42. The summed E-state index contributed by atoms with van der Waals surface area (Å²) in [4.78, 5) is 28.6. The van der Waals surface area contributed by atoms with Gasteiger partial charge < -0.3 is 14.4 Å². The van der Waals surface area contributed by atoms with Crippen LogP contribution in [0.15, 0.2) is 63.4 Å². The van der Waals surface area contributed by atoms with Gasteiger partial charge in [-0.3, -0.25) is 9.59 Å². The van der Waals surface area contributed by atoms with Crippen LogP contribution < -0.4 is 9.47 Å². The van der Waals surface area contributed by atoms with Gasteiger partial charge in [-0.15, -0.1) is 0 Å². The molecule has 182 valence electrons. The Kier molecular flexibility index (Phi) is 7.08. The molecule has 0 N–H and O–H groups in total. The SMILES string of the molecule is COc1cc(C2C3=C(CCCC3=O)N(C)C3=C2C(=O)CCC3)cc(I)c1OCc1ccccc1Br. The number of carbonyl (C=O) groups excluding carboxylic acids is 2. The Hall–Kier alpha value is -2.13. The van der Waals surface area contributed by atoms with Gasteiger partial charge >= 0.3 is 0 Å². The molecule has 0 radical (unpaired) electrons. The summed E-state index contributed by atoms with van der Waals surface area (Å²) in [6.07, 6.45) is 4.49. The number of ether oxygens (including phenoxy) is 2. The molecule has 1 heterocycles. The molecule has 5 rings (SSSR count). The largest absolute Gasteiger partial charge is 0.493 e. The lowest BCUT2D eigenvalue weighted by Gasteiger charge is -2.42. The van der Waals surface area contributed by atoms with Gasteiger partial charge in [-0.2, -0.15) is 0 Å². The van der Waals surface area contributed by atoms with Crippen molar-refractivity contribution in [3.05, 3.63) is 78.1 Å². The maximum absolute atomic E-state index is 13.3. The first-order valence-corrected chi connectivity index (χ1v) is 13.8. The van der Waals surface area contributed by atoms with Crippen LogP contribution in [0.3, 0.4) is 0 Å². The molecule has 0 bridgehead atoms. The lowest BCUT2D eigenvalue weighted by Crippen LogP contribution is -2.37. The minimum Gasteiger partial charge on any atom is -0.493 e. The lowest BCUT2D eigenvalue weighted by molar-refractivity contribution is -0.117. The number of allylic oxidation sites excluding steroid dienone is 4. The van der Waals surface area contributed by atoms with Gasteiger partial charge in [0, 0.05) is 58.4 Å². The second kappa shape index (κ2) is 10.1. The van der Waals surface area contributed by atoms with Gasteiger partial charge in [0.2, 0.25) is 0 Å². The zero-order valence-electron chi connectivity index (χ0n) is 19.8. The normalized spacial score (nSPS) is 18.6. The van der Waals surface area contributed by atoms with E-state index in [1.807, 2.05) is 43.4 Å². The van der Waals surface area contributed by atoms with Crippen molar-refractivity contribution in [2.75, 3.05) is 14.2 Å². The molecule has 5 nitrogen and oxygen atoms in total. The average molecular weight is 648 g/mol. The topological polar surface area (TPSA) is 55.8 Å². The number of hydrogen-bond acceptors (Lipinski definition) is 5. The number of Topliss-reactive ketones (excluding diaryl/α,β-unsaturated/α-hetero) is 2. The van der Waals surface area contributed by atoms with Gasteiger partial charge in [-0.05, 0) is 72.0 Å². The molecule has 0 aromatic heterocycles. The van der Waals surface area contributed by atoms with Crippen molar-refractivity contribution in [3.8, 4) is 11.5 Å². The highest BCUT2D eigenvalue weighted by molar-refractivity contribution is 14.1. The third-order valence-electron chi connectivity index (χ3n) is 7.16. The monoisotopic (exact) mass is 647 g/mol. The van der Waals surface area contributed by atoms with E-state index in [9.17, 15) is 9.59 Å². The van der Waals surface area contributed by atoms with E-state index in [4.69, 9.17) is 9.47 Å². The molecular formula is C28H27BrINO4. The molecule has 2 aromatic rings. The van der Waals surface area contributed by atoms with Crippen LogP contribution in [0.4, 0.5) is 0 Å². The van der Waals surface area contributed by atoms with Crippen molar-refractivity contribution in [2.24, 2.45) is 0 Å². The van der Waals surface area contributed by atoms with Gasteiger partial charge in [0.25, 0.3) is 0 Å². The Bertz CT molecular complexity index is 1240. The number of ketones is 2. The summed E-state index contributed by atoms with van der Waals surface area (Å²) in [6, 6.07) is 12.0. The Morgan fingerprint density at radius 3 is 2.23 bits per heavy atom. The first-order valence-electron chi connectivity index (χ1n) is 11.9.